The minimum absolute atomic E-state index is 0.127. The van der Waals surface area contributed by atoms with Crippen LogP contribution in [0, 0.1) is 5.82 Å². The molecule has 1 atom stereocenters. The topological polar surface area (TPSA) is 21.3 Å². The average molecular weight is 223 g/mol. The van der Waals surface area contributed by atoms with Gasteiger partial charge < -0.3 is 10.1 Å². The second-order valence-corrected chi connectivity index (χ2v) is 4.55. The summed E-state index contributed by atoms with van der Waals surface area (Å²) < 4.78 is 18.9. The summed E-state index contributed by atoms with van der Waals surface area (Å²) in [5.41, 5.74) is 2.03. The van der Waals surface area contributed by atoms with Crippen LogP contribution in [0.1, 0.15) is 36.9 Å². The third-order valence-corrected chi connectivity index (χ3v) is 2.93. The lowest BCUT2D eigenvalue weighted by molar-refractivity contribution is 0.0768. The summed E-state index contributed by atoms with van der Waals surface area (Å²) in [6.07, 6.45) is 0. The number of hydrogen-bond donors (Lipinski definition) is 1. The van der Waals surface area contributed by atoms with Crippen LogP contribution in [0.5, 0.6) is 0 Å². The van der Waals surface area contributed by atoms with E-state index in [9.17, 15) is 4.39 Å². The first kappa shape index (κ1) is 11.6. The van der Waals surface area contributed by atoms with Gasteiger partial charge in [-0.3, -0.25) is 0 Å². The fraction of sp³-hybridized carbons (Fsp3) is 0.538. The maximum Gasteiger partial charge on any atom is 0.123 e. The molecule has 3 heteroatoms. The van der Waals surface area contributed by atoms with Crippen molar-refractivity contribution in [2.45, 2.75) is 25.8 Å². The van der Waals surface area contributed by atoms with Gasteiger partial charge in [-0.25, -0.2) is 4.39 Å². The molecule has 0 aromatic heterocycles. The average Bonchev–Trinajstić information content (AvgIpc) is 2.29. The lowest BCUT2D eigenvalue weighted by Gasteiger charge is -2.25. The molecule has 1 aliphatic heterocycles. The van der Waals surface area contributed by atoms with E-state index < -0.39 is 0 Å². The number of rotatable bonds is 2. The lowest BCUT2D eigenvalue weighted by Crippen LogP contribution is -2.34. The van der Waals surface area contributed by atoms with Crippen LogP contribution in [0.2, 0.25) is 0 Å². The van der Waals surface area contributed by atoms with E-state index in [1.807, 2.05) is 0 Å². The van der Waals surface area contributed by atoms with Crippen molar-refractivity contribution in [3.63, 3.8) is 0 Å². The van der Waals surface area contributed by atoms with E-state index in [1.165, 1.54) is 0 Å². The molecule has 1 fully saturated rings. The number of benzene rings is 1. The van der Waals surface area contributed by atoms with Crippen LogP contribution in [0.3, 0.4) is 0 Å². The highest BCUT2D eigenvalue weighted by molar-refractivity contribution is 5.29. The Bertz CT molecular complexity index is 359. The molecule has 1 unspecified atom stereocenters. The van der Waals surface area contributed by atoms with Gasteiger partial charge in [0.1, 0.15) is 5.82 Å². The Hall–Kier alpha value is -0.930. The zero-order valence-electron chi connectivity index (χ0n) is 9.79. The van der Waals surface area contributed by atoms with Gasteiger partial charge in [-0.15, -0.1) is 0 Å². The molecule has 1 N–H and O–H groups in total. The number of halogens is 1. The molecular weight excluding hydrogens is 205 g/mol. The van der Waals surface area contributed by atoms with Gasteiger partial charge in [-0.1, -0.05) is 19.9 Å². The minimum atomic E-state index is -0.159. The molecule has 2 rings (SSSR count). The first-order valence-electron chi connectivity index (χ1n) is 5.78. The monoisotopic (exact) mass is 223 g/mol. The van der Waals surface area contributed by atoms with Gasteiger partial charge in [0.15, 0.2) is 0 Å². The molecule has 1 aromatic rings. The summed E-state index contributed by atoms with van der Waals surface area (Å²) in [6.45, 7) is 6.34. The highest BCUT2D eigenvalue weighted by Gasteiger charge is 2.16. The first-order valence-corrected chi connectivity index (χ1v) is 5.78. The summed E-state index contributed by atoms with van der Waals surface area (Å²) >= 11 is 0. The van der Waals surface area contributed by atoms with Crippen LogP contribution in [0.15, 0.2) is 18.2 Å². The fourth-order valence-electron chi connectivity index (χ4n) is 1.95. The number of ether oxygens (including phenoxy) is 1. The van der Waals surface area contributed by atoms with Gasteiger partial charge in [-0.05, 0) is 29.2 Å². The SMILES string of the molecule is CC(C)c1cc(F)cc(C2COCCN2)c1. The summed E-state index contributed by atoms with van der Waals surface area (Å²) in [6, 6.07) is 5.40. The smallest absolute Gasteiger partial charge is 0.123 e. The Kier molecular flexibility index (Phi) is 3.56. The maximum atomic E-state index is 13.5. The summed E-state index contributed by atoms with van der Waals surface area (Å²) in [5, 5.41) is 3.34. The molecule has 1 aliphatic rings. The van der Waals surface area contributed by atoms with Crippen molar-refractivity contribution in [2.75, 3.05) is 19.8 Å². The van der Waals surface area contributed by atoms with E-state index in [-0.39, 0.29) is 11.9 Å². The molecule has 0 radical (unpaired) electrons. The molecule has 2 nitrogen and oxygen atoms in total. The van der Waals surface area contributed by atoms with Crippen molar-refractivity contribution >= 4 is 0 Å². The van der Waals surface area contributed by atoms with Crippen molar-refractivity contribution in [3.8, 4) is 0 Å². The Labute approximate surface area is 95.8 Å². The van der Waals surface area contributed by atoms with Crippen LogP contribution < -0.4 is 5.32 Å². The first-order chi connectivity index (χ1) is 7.66. The highest BCUT2D eigenvalue weighted by Crippen LogP contribution is 2.23. The van der Waals surface area contributed by atoms with E-state index >= 15 is 0 Å². The Balaban J connectivity index is 2.25. The second kappa shape index (κ2) is 4.93. The largest absolute Gasteiger partial charge is 0.378 e. The van der Waals surface area contributed by atoms with Gasteiger partial charge in [0.2, 0.25) is 0 Å². The second-order valence-electron chi connectivity index (χ2n) is 4.55. The fourth-order valence-corrected chi connectivity index (χ4v) is 1.95. The van der Waals surface area contributed by atoms with Crippen molar-refractivity contribution in [1.29, 1.82) is 0 Å². The van der Waals surface area contributed by atoms with Crippen molar-refractivity contribution in [3.05, 3.63) is 35.1 Å². The number of morpholine rings is 1. The number of nitrogens with one attached hydrogen (secondary N) is 1. The van der Waals surface area contributed by atoms with Gasteiger partial charge in [-0.2, -0.15) is 0 Å². The Morgan fingerprint density at radius 3 is 2.81 bits per heavy atom. The van der Waals surface area contributed by atoms with Crippen molar-refractivity contribution < 1.29 is 9.13 Å². The predicted octanol–water partition coefficient (Wildman–Crippen LogP) is 2.61. The summed E-state index contributed by atoms with van der Waals surface area (Å²) in [5.74, 6) is 0.188. The van der Waals surface area contributed by atoms with Crippen LogP contribution in [-0.4, -0.2) is 19.8 Å². The Morgan fingerprint density at radius 2 is 2.19 bits per heavy atom. The van der Waals surface area contributed by atoms with Gasteiger partial charge in [0, 0.05) is 6.54 Å². The molecule has 0 aliphatic carbocycles. The molecule has 0 spiro atoms. The molecule has 0 bridgehead atoms. The third kappa shape index (κ3) is 2.60. The summed E-state index contributed by atoms with van der Waals surface area (Å²) in [7, 11) is 0. The van der Waals surface area contributed by atoms with Crippen molar-refractivity contribution in [2.24, 2.45) is 0 Å². The molecule has 16 heavy (non-hydrogen) atoms. The minimum Gasteiger partial charge on any atom is -0.378 e. The van der Waals surface area contributed by atoms with E-state index in [1.54, 1.807) is 12.1 Å². The van der Waals surface area contributed by atoms with Gasteiger partial charge >= 0.3 is 0 Å². The van der Waals surface area contributed by atoms with Crippen molar-refractivity contribution in [1.82, 2.24) is 5.32 Å². The quantitative estimate of drug-likeness (QED) is 0.832. The molecule has 0 saturated carbocycles. The number of hydrogen-bond acceptors (Lipinski definition) is 2. The molecule has 1 saturated heterocycles. The van der Waals surface area contributed by atoms with E-state index in [4.69, 9.17) is 4.74 Å². The van der Waals surface area contributed by atoms with Gasteiger partial charge in [0.25, 0.3) is 0 Å². The van der Waals surface area contributed by atoms with E-state index in [0.29, 0.717) is 12.5 Å². The molecular formula is C13H18FNO. The van der Waals surface area contributed by atoms with Gasteiger partial charge in [0.05, 0.1) is 19.3 Å². The normalized spacial score (nSPS) is 21.4. The molecule has 1 heterocycles. The molecule has 1 aromatic carbocycles. The van der Waals surface area contributed by atoms with E-state index in [2.05, 4.69) is 25.2 Å². The summed E-state index contributed by atoms with van der Waals surface area (Å²) in [4.78, 5) is 0. The zero-order valence-corrected chi connectivity index (χ0v) is 9.79. The van der Waals surface area contributed by atoms with Crippen LogP contribution in [0.4, 0.5) is 4.39 Å². The third-order valence-electron chi connectivity index (χ3n) is 2.93. The highest BCUT2D eigenvalue weighted by atomic mass is 19.1. The van der Waals surface area contributed by atoms with Crippen LogP contribution in [-0.2, 0) is 4.74 Å². The predicted molar refractivity (Wildman–Crippen MR) is 62.1 cm³/mol. The molecule has 88 valence electrons. The molecule has 0 amide bonds. The maximum absolute atomic E-state index is 13.5. The Morgan fingerprint density at radius 1 is 1.38 bits per heavy atom. The standard InChI is InChI=1S/C13H18FNO/c1-9(2)10-5-11(7-12(14)6-10)13-8-16-4-3-15-13/h5-7,9,13,15H,3-4,8H2,1-2H3. The van der Waals surface area contributed by atoms with E-state index in [0.717, 1.165) is 24.3 Å². The van der Waals surface area contributed by atoms with Crippen LogP contribution >= 0.6 is 0 Å². The van der Waals surface area contributed by atoms with Crippen LogP contribution in [0.25, 0.3) is 0 Å². The zero-order chi connectivity index (χ0) is 11.5. The lowest BCUT2D eigenvalue weighted by atomic mass is 9.97.